The second-order valence-corrected chi connectivity index (χ2v) is 6.56. The maximum Gasteiger partial charge on any atom is 0.130 e. The first-order valence-electron chi connectivity index (χ1n) is 7.03. The molecule has 1 unspecified atom stereocenters. The normalized spacial score (nSPS) is 23.8. The van der Waals surface area contributed by atoms with E-state index in [-0.39, 0.29) is 23.1 Å². The highest BCUT2D eigenvalue weighted by Gasteiger charge is 2.47. The summed E-state index contributed by atoms with van der Waals surface area (Å²) in [6.07, 6.45) is 0.773. The molecule has 0 aliphatic carbocycles. The number of hydrogen-bond acceptors (Lipinski definition) is 3. The summed E-state index contributed by atoms with van der Waals surface area (Å²) in [5.74, 6) is 0.477. The van der Waals surface area contributed by atoms with Crippen LogP contribution in [0.25, 0.3) is 0 Å². The number of halogens is 1. The summed E-state index contributed by atoms with van der Waals surface area (Å²) in [6.45, 7) is 8.78. The van der Waals surface area contributed by atoms with Gasteiger partial charge in [0.05, 0.1) is 5.60 Å². The molecule has 20 heavy (non-hydrogen) atoms. The van der Waals surface area contributed by atoms with Crippen LogP contribution in [0, 0.1) is 5.82 Å². The molecule has 0 amide bonds. The van der Waals surface area contributed by atoms with Crippen molar-refractivity contribution in [3.63, 3.8) is 0 Å². The summed E-state index contributed by atoms with van der Waals surface area (Å²) in [5.41, 5.74) is 0.277. The summed E-state index contributed by atoms with van der Waals surface area (Å²) in [6, 6.07) is 4.64. The van der Waals surface area contributed by atoms with Crippen molar-refractivity contribution in [2.75, 3.05) is 7.05 Å². The van der Waals surface area contributed by atoms with Crippen LogP contribution in [-0.2, 0) is 11.3 Å². The zero-order valence-electron chi connectivity index (χ0n) is 12.9. The monoisotopic (exact) mass is 281 g/mol. The average Bonchev–Trinajstić information content (AvgIpc) is 2.50. The van der Waals surface area contributed by atoms with Gasteiger partial charge >= 0.3 is 0 Å². The predicted molar refractivity (Wildman–Crippen MR) is 77.4 cm³/mol. The lowest BCUT2D eigenvalue weighted by Gasteiger charge is -2.28. The third-order valence-electron chi connectivity index (χ3n) is 3.65. The first kappa shape index (κ1) is 15.3. The molecule has 3 nitrogen and oxygen atoms in total. The highest BCUT2D eigenvalue weighted by Crippen LogP contribution is 2.40. The van der Waals surface area contributed by atoms with E-state index in [1.807, 2.05) is 20.9 Å². The van der Waals surface area contributed by atoms with Crippen LogP contribution < -0.4 is 10.1 Å². The van der Waals surface area contributed by atoms with E-state index in [1.165, 1.54) is 12.1 Å². The van der Waals surface area contributed by atoms with Crippen LogP contribution in [-0.4, -0.2) is 24.4 Å². The molecule has 0 spiro atoms. The maximum atomic E-state index is 13.4. The van der Waals surface area contributed by atoms with Crippen LogP contribution in [0.15, 0.2) is 18.2 Å². The fourth-order valence-corrected chi connectivity index (χ4v) is 2.84. The van der Waals surface area contributed by atoms with Gasteiger partial charge in [0.25, 0.3) is 0 Å². The van der Waals surface area contributed by atoms with E-state index in [1.54, 1.807) is 6.07 Å². The summed E-state index contributed by atoms with van der Waals surface area (Å²) in [7, 11) is 1.83. The predicted octanol–water partition coefficient (Wildman–Crippen LogP) is 3.27. The van der Waals surface area contributed by atoms with Crippen LogP contribution in [0.2, 0.25) is 0 Å². The lowest BCUT2D eigenvalue weighted by molar-refractivity contribution is -0.0846. The minimum absolute atomic E-state index is 0.0430. The van der Waals surface area contributed by atoms with E-state index in [0.29, 0.717) is 6.54 Å². The zero-order valence-corrected chi connectivity index (χ0v) is 12.9. The first-order chi connectivity index (χ1) is 9.23. The topological polar surface area (TPSA) is 30.5 Å². The minimum Gasteiger partial charge on any atom is -0.487 e. The van der Waals surface area contributed by atoms with Crippen molar-refractivity contribution in [1.29, 1.82) is 0 Å². The Hall–Kier alpha value is -1.13. The van der Waals surface area contributed by atoms with Gasteiger partial charge in [-0.1, -0.05) is 0 Å². The van der Waals surface area contributed by atoms with Gasteiger partial charge in [0.15, 0.2) is 0 Å². The highest BCUT2D eigenvalue weighted by atomic mass is 19.1. The Kier molecular flexibility index (Phi) is 4.07. The SMILES string of the molecule is CNCc1cc(F)ccc1OC1CC(C)(C)OC1(C)C. The molecule has 1 aromatic carbocycles. The van der Waals surface area contributed by atoms with Crippen LogP contribution in [0.5, 0.6) is 5.75 Å². The number of benzene rings is 1. The minimum atomic E-state index is -0.352. The molecule has 1 aliphatic rings. The van der Waals surface area contributed by atoms with Crippen molar-refractivity contribution < 1.29 is 13.9 Å². The summed E-state index contributed by atoms with van der Waals surface area (Å²) in [5, 5.41) is 3.04. The van der Waals surface area contributed by atoms with Gasteiger partial charge in [0.2, 0.25) is 0 Å². The van der Waals surface area contributed by atoms with E-state index in [9.17, 15) is 4.39 Å². The van der Waals surface area contributed by atoms with Gasteiger partial charge in [0, 0.05) is 18.5 Å². The van der Waals surface area contributed by atoms with Gasteiger partial charge in [-0.05, 0) is 52.9 Å². The Bertz CT molecular complexity index is 485. The average molecular weight is 281 g/mol. The van der Waals surface area contributed by atoms with Gasteiger partial charge in [0.1, 0.15) is 23.3 Å². The number of hydrogen-bond donors (Lipinski definition) is 1. The van der Waals surface area contributed by atoms with E-state index >= 15 is 0 Å². The first-order valence-corrected chi connectivity index (χ1v) is 7.03. The number of rotatable bonds is 4. The number of ether oxygens (including phenoxy) is 2. The molecule has 1 N–H and O–H groups in total. The van der Waals surface area contributed by atoms with Crippen LogP contribution >= 0.6 is 0 Å². The zero-order chi connectivity index (χ0) is 15.0. The largest absolute Gasteiger partial charge is 0.487 e. The lowest BCUT2D eigenvalue weighted by Crippen LogP contribution is -2.37. The summed E-state index contributed by atoms with van der Waals surface area (Å²) >= 11 is 0. The van der Waals surface area contributed by atoms with Gasteiger partial charge in [-0.15, -0.1) is 0 Å². The molecular weight excluding hydrogens is 257 g/mol. The Balaban J connectivity index is 2.22. The molecule has 1 aliphatic heterocycles. The van der Waals surface area contributed by atoms with Crippen molar-refractivity contribution in [3.8, 4) is 5.75 Å². The molecule has 1 heterocycles. The fourth-order valence-electron chi connectivity index (χ4n) is 2.84. The van der Waals surface area contributed by atoms with Crippen molar-refractivity contribution >= 4 is 0 Å². The van der Waals surface area contributed by atoms with E-state index in [2.05, 4.69) is 19.2 Å². The van der Waals surface area contributed by atoms with Crippen molar-refractivity contribution in [3.05, 3.63) is 29.6 Å². The summed E-state index contributed by atoms with van der Waals surface area (Å²) in [4.78, 5) is 0. The van der Waals surface area contributed by atoms with Crippen molar-refractivity contribution in [1.82, 2.24) is 5.32 Å². The van der Waals surface area contributed by atoms with E-state index in [0.717, 1.165) is 17.7 Å². The lowest BCUT2D eigenvalue weighted by atomic mass is 9.97. The van der Waals surface area contributed by atoms with Crippen LogP contribution in [0.3, 0.4) is 0 Å². The summed E-state index contributed by atoms with van der Waals surface area (Å²) < 4.78 is 25.5. The van der Waals surface area contributed by atoms with Gasteiger partial charge in [-0.25, -0.2) is 4.39 Å². The van der Waals surface area contributed by atoms with E-state index in [4.69, 9.17) is 9.47 Å². The molecule has 0 aromatic heterocycles. The maximum absolute atomic E-state index is 13.4. The Morgan fingerprint density at radius 1 is 1.35 bits per heavy atom. The Labute approximate surface area is 120 Å². The molecule has 0 radical (unpaired) electrons. The second kappa shape index (κ2) is 5.34. The quantitative estimate of drug-likeness (QED) is 0.919. The molecule has 1 fully saturated rings. The molecule has 0 saturated carbocycles. The molecule has 4 heteroatoms. The van der Waals surface area contributed by atoms with Gasteiger partial charge in [-0.2, -0.15) is 0 Å². The Morgan fingerprint density at radius 3 is 2.60 bits per heavy atom. The molecule has 1 aromatic rings. The molecular formula is C16H24FNO2. The standard InChI is InChI=1S/C16H24FNO2/c1-15(2)9-14(16(3,4)20-15)19-13-7-6-12(17)8-11(13)10-18-5/h6-8,14,18H,9-10H2,1-5H3. The van der Waals surface area contributed by atoms with Crippen molar-refractivity contribution in [2.45, 2.75) is 58.0 Å². The third-order valence-corrected chi connectivity index (χ3v) is 3.65. The molecule has 2 rings (SSSR count). The van der Waals surface area contributed by atoms with Gasteiger partial charge in [-0.3, -0.25) is 0 Å². The Morgan fingerprint density at radius 2 is 2.05 bits per heavy atom. The second-order valence-electron chi connectivity index (χ2n) is 6.56. The van der Waals surface area contributed by atoms with E-state index < -0.39 is 0 Å². The smallest absolute Gasteiger partial charge is 0.130 e. The van der Waals surface area contributed by atoms with Crippen LogP contribution in [0.4, 0.5) is 4.39 Å². The molecule has 1 saturated heterocycles. The van der Waals surface area contributed by atoms with Crippen molar-refractivity contribution in [2.24, 2.45) is 0 Å². The number of nitrogens with one attached hydrogen (secondary N) is 1. The molecule has 0 bridgehead atoms. The highest BCUT2D eigenvalue weighted by molar-refractivity contribution is 5.34. The molecule has 112 valence electrons. The van der Waals surface area contributed by atoms with Gasteiger partial charge < -0.3 is 14.8 Å². The molecule has 1 atom stereocenters. The fraction of sp³-hybridized carbons (Fsp3) is 0.625. The third kappa shape index (κ3) is 3.30. The van der Waals surface area contributed by atoms with Crippen LogP contribution in [0.1, 0.15) is 39.7 Å².